The van der Waals surface area contributed by atoms with Crippen LogP contribution in [0.15, 0.2) is 29.3 Å². The molecule has 2 rings (SSSR count). The summed E-state index contributed by atoms with van der Waals surface area (Å²) in [5, 5.41) is 12.5. The number of aliphatic carboxylic acids is 1. The molecule has 1 heterocycles. The molecule has 21 heavy (non-hydrogen) atoms. The molecule has 0 amide bonds. The fourth-order valence-corrected chi connectivity index (χ4v) is 2.54. The Bertz CT molecular complexity index is 679. The van der Waals surface area contributed by atoms with Crippen LogP contribution in [0.1, 0.15) is 11.1 Å². The highest BCUT2D eigenvalue weighted by molar-refractivity contribution is 7.99. The largest absolute Gasteiger partial charge is 0.481 e. The number of thioether (sulfide) groups is 1. The van der Waals surface area contributed by atoms with Crippen molar-refractivity contribution in [2.75, 3.05) is 11.1 Å². The van der Waals surface area contributed by atoms with Crippen molar-refractivity contribution < 1.29 is 9.90 Å². The number of hydrogen-bond donors (Lipinski definition) is 2. The van der Waals surface area contributed by atoms with E-state index < -0.39 is 5.97 Å². The van der Waals surface area contributed by atoms with Crippen molar-refractivity contribution >= 4 is 40.8 Å². The highest BCUT2D eigenvalue weighted by Crippen LogP contribution is 2.25. The molecule has 1 aromatic heterocycles. The Kier molecular flexibility index (Phi) is 5.03. The van der Waals surface area contributed by atoms with Crippen molar-refractivity contribution in [3.63, 3.8) is 0 Å². The lowest BCUT2D eigenvalue weighted by Crippen LogP contribution is -2.01. The maximum Gasteiger partial charge on any atom is 0.313 e. The minimum absolute atomic E-state index is 0.0732. The molecule has 0 saturated heterocycles. The lowest BCUT2D eigenvalue weighted by atomic mass is 10.1. The van der Waals surface area contributed by atoms with Crippen LogP contribution in [-0.4, -0.2) is 26.8 Å². The second-order valence-electron chi connectivity index (χ2n) is 4.42. The van der Waals surface area contributed by atoms with Crippen LogP contribution in [0.5, 0.6) is 0 Å². The lowest BCUT2D eigenvalue weighted by Gasteiger charge is -2.11. The second-order valence-corrected chi connectivity index (χ2v) is 5.75. The number of anilines is 2. The molecule has 2 aromatic rings. The quantitative estimate of drug-likeness (QED) is 0.497. The zero-order valence-corrected chi connectivity index (χ0v) is 13.1. The summed E-state index contributed by atoms with van der Waals surface area (Å²) < 4.78 is 0. The molecule has 0 saturated carbocycles. The molecule has 0 unspecified atom stereocenters. The Balaban J connectivity index is 2.23. The summed E-state index contributed by atoms with van der Waals surface area (Å²) in [4.78, 5) is 18.7. The SMILES string of the molecule is Cc1cccc(Nc2cc(SCC(=O)O)nc(Cl)n2)c1C. The van der Waals surface area contributed by atoms with Crippen LogP contribution in [0.4, 0.5) is 11.5 Å². The Labute approximate surface area is 131 Å². The maximum atomic E-state index is 10.6. The van der Waals surface area contributed by atoms with Crippen molar-refractivity contribution in [2.24, 2.45) is 0 Å². The maximum absolute atomic E-state index is 10.6. The van der Waals surface area contributed by atoms with Crippen LogP contribution in [0, 0.1) is 13.8 Å². The zero-order chi connectivity index (χ0) is 15.4. The fraction of sp³-hybridized carbons (Fsp3) is 0.214. The molecular formula is C14H14ClN3O2S. The molecule has 1 aromatic carbocycles. The number of hydrogen-bond acceptors (Lipinski definition) is 5. The summed E-state index contributed by atoms with van der Waals surface area (Å²) in [7, 11) is 0. The Hall–Kier alpha value is -1.79. The van der Waals surface area contributed by atoms with E-state index in [0.717, 1.165) is 23.0 Å². The Morgan fingerprint density at radius 3 is 2.86 bits per heavy atom. The third-order valence-corrected chi connectivity index (χ3v) is 3.95. The molecule has 0 aliphatic rings. The third kappa shape index (κ3) is 4.34. The third-order valence-electron chi connectivity index (χ3n) is 2.89. The number of aromatic nitrogens is 2. The van der Waals surface area contributed by atoms with Gasteiger partial charge in [-0.25, -0.2) is 9.97 Å². The van der Waals surface area contributed by atoms with Gasteiger partial charge in [0.15, 0.2) is 0 Å². The van der Waals surface area contributed by atoms with Crippen LogP contribution < -0.4 is 5.32 Å². The number of aryl methyl sites for hydroxylation is 1. The van der Waals surface area contributed by atoms with E-state index in [1.54, 1.807) is 6.07 Å². The van der Waals surface area contributed by atoms with Gasteiger partial charge in [0.05, 0.1) is 5.75 Å². The number of carboxylic acid groups (broad SMARTS) is 1. The summed E-state index contributed by atoms with van der Waals surface area (Å²) in [6.45, 7) is 4.04. The minimum atomic E-state index is -0.904. The van der Waals surface area contributed by atoms with Gasteiger partial charge in [-0.3, -0.25) is 4.79 Å². The average Bonchev–Trinajstić information content (AvgIpc) is 2.41. The molecular weight excluding hydrogens is 310 g/mol. The topological polar surface area (TPSA) is 75.1 Å². The van der Waals surface area contributed by atoms with E-state index in [1.807, 2.05) is 32.0 Å². The Morgan fingerprint density at radius 2 is 2.14 bits per heavy atom. The predicted octanol–water partition coefficient (Wildman–Crippen LogP) is 3.67. The molecule has 0 atom stereocenters. The van der Waals surface area contributed by atoms with Crippen molar-refractivity contribution in [1.82, 2.24) is 9.97 Å². The summed E-state index contributed by atoms with van der Waals surface area (Å²) >= 11 is 6.98. The highest BCUT2D eigenvalue weighted by atomic mass is 35.5. The molecule has 0 radical (unpaired) electrons. The fourth-order valence-electron chi connectivity index (χ4n) is 1.69. The molecule has 0 fully saturated rings. The van der Waals surface area contributed by atoms with E-state index >= 15 is 0 Å². The molecule has 7 heteroatoms. The molecule has 5 nitrogen and oxygen atoms in total. The van der Waals surface area contributed by atoms with E-state index in [2.05, 4.69) is 15.3 Å². The van der Waals surface area contributed by atoms with Gasteiger partial charge in [-0.15, -0.1) is 0 Å². The van der Waals surface area contributed by atoms with Crippen molar-refractivity contribution in [3.8, 4) is 0 Å². The van der Waals surface area contributed by atoms with Gasteiger partial charge in [0, 0.05) is 11.8 Å². The predicted molar refractivity (Wildman–Crippen MR) is 84.6 cm³/mol. The number of carbonyl (C=O) groups is 1. The average molecular weight is 324 g/mol. The normalized spacial score (nSPS) is 10.4. The van der Waals surface area contributed by atoms with Crippen LogP contribution in [0.25, 0.3) is 0 Å². The summed E-state index contributed by atoms with van der Waals surface area (Å²) in [5.41, 5.74) is 3.21. The Morgan fingerprint density at radius 1 is 1.38 bits per heavy atom. The van der Waals surface area contributed by atoms with Gasteiger partial charge in [-0.05, 0) is 42.6 Å². The standard InChI is InChI=1S/C14H14ClN3O2S/c1-8-4-3-5-10(9(8)2)16-11-6-12(18-14(15)17-11)21-7-13(19)20/h3-6H,7H2,1-2H3,(H,19,20)(H,16,17,18). The van der Waals surface area contributed by atoms with E-state index in [4.69, 9.17) is 16.7 Å². The first kappa shape index (κ1) is 15.6. The van der Waals surface area contributed by atoms with E-state index in [0.29, 0.717) is 10.8 Å². The summed E-state index contributed by atoms with van der Waals surface area (Å²) in [5.74, 6) is -0.439. The summed E-state index contributed by atoms with van der Waals surface area (Å²) in [6.07, 6.45) is 0. The number of carboxylic acids is 1. The van der Waals surface area contributed by atoms with E-state index in [1.165, 1.54) is 5.56 Å². The first-order chi connectivity index (χ1) is 9.95. The minimum Gasteiger partial charge on any atom is -0.481 e. The van der Waals surface area contributed by atoms with E-state index in [9.17, 15) is 4.79 Å². The molecule has 0 spiro atoms. The molecule has 110 valence electrons. The van der Waals surface area contributed by atoms with Crippen molar-refractivity contribution in [3.05, 3.63) is 40.7 Å². The van der Waals surface area contributed by atoms with Crippen molar-refractivity contribution in [2.45, 2.75) is 18.9 Å². The van der Waals surface area contributed by atoms with Gasteiger partial charge in [0.1, 0.15) is 10.8 Å². The van der Waals surface area contributed by atoms with Gasteiger partial charge in [-0.1, -0.05) is 23.9 Å². The van der Waals surface area contributed by atoms with Gasteiger partial charge in [-0.2, -0.15) is 0 Å². The highest BCUT2D eigenvalue weighted by Gasteiger charge is 2.08. The number of rotatable bonds is 5. The summed E-state index contributed by atoms with van der Waals surface area (Å²) in [6, 6.07) is 7.61. The van der Waals surface area contributed by atoms with Gasteiger partial charge >= 0.3 is 5.97 Å². The number of benzene rings is 1. The van der Waals surface area contributed by atoms with Crippen LogP contribution in [-0.2, 0) is 4.79 Å². The van der Waals surface area contributed by atoms with Gasteiger partial charge in [0.2, 0.25) is 5.28 Å². The first-order valence-corrected chi connectivity index (χ1v) is 7.54. The van der Waals surface area contributed by atoms with Gasteiger partial charge < -0.3 is 10.4 Å². The van der Waals surface area contributed by atoms with Crippen LogP contribution in [0.2, 0.25) is 5.28 Å². The molecule has 0 aliphatic heterocycles. The van der Waals surface area contributed by atoms with Crippen LogP contribution in [0.3, 0.4) is 0 Å². The van der Waals surface area contributed by atoms with Crippen LogP contribution >= 0.6 is 23.4 Å². The molecule has 2 N–H and O–H groups in total. The number of halogens is 1. The smallest absolute Gasteiger partial charge is 0.313 e. The van der Waals surface area contributed by atoms with E-state index in [-0.39, 0.29) is 11.0 Å². The second kappa shape index (κ2) is 6.78. The monoisotopic (exact) mass is 323 g/mol. The molecule has 0 bridgehead atoms. The number of nitrogens with one attached hydrogen (secondary N) is 1. The van der Waals surface area contributed by atoms with Crippen molar-refractivity contribution in [1.29, 1.82) is 0 Å². The lowest BCUT2D eigenvalue weighted by molar-refractivity contribution is -0.133. The van der Waals surface area contributed by atoms with Gasteiger partial charge in [0.25, 0.3) is 0 Å². The first-order valence-electron chi connectivity index (χ1n) is 6.18. The molecule has 0 aliphatic carbocycles. The number of nitrogens with zero attached hydrogens (tertiary/aromatic N) is 2. The zero-order valence-electron chi connectivity index (χ0n) is 11.6.